The van der Waals surface area contributed by atoms with Gasteiger partial charge in [0.05, 0.1) is 6.04 Å². The van der Waals surface area contributed by atoms with Crippen LogP contribution in [0.1, 0.15) is 25.5 Å². The summed E-state index contributed by atoms with van der Waals surface area (Å²) in [5.41, 5.74) is 6.87. The Kier molecular flexibility index (Phi) is 4.62. The van der Waals surface area contributed by atoms with Gasteiger partial charge < -0.3 is 11.1 Å². The van der Waals surface area contributed by atoms with E-state index < -0.39 is 0 Å². The number of nitrogens with one attached hydrogen (secondary N) is 1. The number of rotatable bonds is 3. The van der Waals surface area contributed by atoms with Gasteiger partial charge in [-0.25, -0.2) is 0 Å². The zero-order chi connectivity index (χ0) is 11.3. The van der Waals surface area contributed by atoms with E-state index in [-0.39, 0.29) is 6.04 Å². The van der Waals surface area contributed by atoms with Gasteiger partial charge in [-0.05, 0) is 31.5 Å². The van der Waals surface area contributed by atoms with Crippen LogP contribution < -0.4 is 11.1 Å². The van der Waals surface area contributed by atoms with Gasteiger partial charge in [0.25, 0.3) is 0 Å². The van der Waals surface area contributed by atoms with Crippen LogP contribution >= 0.6 is 15.9 Å². The van der Waals surface area contributed by atoms with Crippen molar-refractivity contribution in [2.24, 2.45) is 10.7 Å². The van der Waals surface area contributed by atoms with E-state index in [1.165, 1.54) is 5.56 Å². The van der Waals surface area contributed by atoms with E-state index in [9.17, 15) is 0 Å². The molecule has 0 aliphatic heterocycles. The smallest absolute Gasteiger partial charge is 0.189 e. The summed E-state index contributed by atoms with van der Waals surface area (Å²) >= 11 is 3.40. The van der Waals surface area contributed by atoms with Crippen LogP contribution in [0.3, 0.4) is 0 Å². The molecule has 0 spiro atoms. The number of hydrogen-bond donors (Lipinski definition) is 2. The van der Waals surface area contributed by atoms with Gasteiger partial charge in [0.15, 0.2) is 5.96 Å². The topological polar surface area (TPSA) is 50.4 Å². The highest BCUT2D eigenvalue weighted by molar-refractivity contribution is 9.10. The summed E-state index contributed by atoms with van der Waals surface area (Å²) in [6.07, 6.45) is 0. The number of benzene rings is 1. The lowest BCUT2D eigenvalue weighted by Gasteiger charge is -2.14. The van der Waals surface area contributed by atoms with Crippen molar-refractivity contribution in [3.05, 3.63) is 34.3 Å². The third-order valence-electron chi connectivity index (χ3n) is 2.06. The Bertz CT molecular complexity index is 332. The molecular weight excluding hydrogens is 254 g/mol. The molecule has 0 bridgehead atoms. The Hall–Kier alpha value is -1.03. The lowest BCUT2D eigenvalue weighted by Crippen LogP contribution is -2.33. The molecule has 1 aromatic carbocycles. The average molecular weight is 270 g/mol. The molecule has 1 unspecified atom stereocenters. The highest BCUT2D eigenvalue weighted by atomic mass is 79.9. The van der Waals surface area contributed by atoms with Gasteiger partial charge in [-0.1, -0.05) is 28.1 Å². The SMILES string of the molecule is CCN=C(N)NC(C)c1ccc(Br)cc1. The molecule has 0 saturated heterocycles. The molecule has 4 heteroatoms. The van der Waals surface area contributed by atoms with Gasteiger partial charge in [-0.3, -0.25) is 4.99 Å². The Morgan fingerprint density at radius 2 is 2.07 bits per heavy atom. The summed E-state index contributed by atoms with van der Waals surface area (Å²) in [5.74, 6) is 0.493. The highest BCUT2D eigenvalue weighted by Gasteiger charge is 2.04. The minimum absolute atomic E-state index is 0.174. The molecule has 1 rings (SSSR count). The Balaban J connectivity index is 2.65. The maximum atomic E-state index is 5.68. The van der Waals surface area contributed by atoms with Crippen molar-refractivity contribution >= 4 is 21.9 Å². The fraction of sp³-hybridized carbons (Fsp3) is 0.364. The lowest BCUT2D eigenvalue weighted by atomic mass is 10.1. The predicted octanol–water partition coefficient (Wildman–Crippen LogP) is 2.43. The van der Waals surface area contributed by atoms with Crippen molar-refractivity contribution < 1.29 is 0 Å². The first-order valence-corrected chi connectivity index (χ1v) is 5.74. The first-order valence-electron chi connectivity index (χ1n) is 4.95. The minimum Gasteiger partial charge on any atom is -0.370 e. The second-order valence-electron chi connectivity index (χ2n) is 3.28. The molecule has 0 fully saturated rings. The second kappa shape index (κ2) is 5.75. The van der Waals surface area contributed by atoms with Crippen molar-refractivity contribution in [2.45, 2.75) is 19.9 Å². The predicted molar refractivity (Wildman–Crippen MR) is 67.9 cm³/mol. The Morgan fingerprint density at radius 3 is 2.60 bits per heavy atom. The van der Waals surface area contributed by atoms with Crippen molar-refractivity contribution in [1.82, 2.24) is 5.32 Å². The molecule has 0 aliphatic carbocycles. The zero-order valence-electron chi connectivity index (χ0n) is 9.00. The van der Waals surface area contributed by atoms with E-state index in [2.05, 4.69) is 45.3 Å². The van der Waals surface area contributed by atoms with Gasteiger partial charge in [0.1, 0.15) is 0 Å². The molecule has 0 aromatic heterocycles. The molecule has 0 aliphatic rings. The van der Waals surface area contributed by atoms with Crippen LogP contribution in [-0.4, -0.2) is 12.5 Å². The zero-order valence-corrected chi connectivity index (χ0v) is 10.6. The normalized spacial score (nSPS) is 13.7. The second-order valence-corrected chi connectivity index (χ2v) is 4.19. The minimum atomic E-state index is 0.174. The number of nitrogens with zero attached hydrogens (tertiary/aromatic N) is 1. The molecule has 82 valence electrons. The van der Waals surface area contributed by atoms with Crippen LogP contribution in [0.15, 0.2) is 33.7 Å². The van der Waals surface area contributed by atoms with Crippen molar-refractivity contribution in [3.63, 3.8) is 0 Å². The van der Waals surface area contributed by atoms with E-state index in [1.54, 1.807) is 0 Å². The largest absolute Gasteiger partial charge is 0.370 e. The highest BCUT2D eigenvalue weighted by Crippen LogP contribution is 2.16. The Labute approximate surface area is 98.9 Å². The van der Waals surface area contributed by atoms with E-state index in [4.69, 9.17) is 5.73 Å². The maximum absolute atomic E-state index is 5.68. The summed E-state index contributed by atoms with van der Waals surface area (Å²) in [4.78, 5) is 4.08. The van der Waals surface area contributed by atoms with Gasteiger partial charge in [-0.2, -0.15) is 0 Å². The van der Waals surface area contributed by atoms with Crippen LogP contribution in [0.2, 0.25) is 0 Å². The number of guanidine groups is 1. The molecule has 3 nitrogen and oxygen atoms in total. The van der Waals surface area contributed by atoms with Crippen molar-refractivity contribution in [2.75, 3.05) is 6.54 Å². The average Bonchev–Trinajstić information content (AvgIpc) is 2.18. The number of aliphatic imine (C=N–C) groups is 1. The number of nitrogens with two attached hydrogens (primary N) is 1. The van der Waals surface area contributed by atoms with Crippen molar-refractivity contribution in [1.29, 1.82) is 0 Å². The van der Waals surface area contributed by atoms with E-state index in [1.807, 2.05) is 19.1 Å². The fourth-order valence-corrected chi connectivity index (χ4v) is 1.54. The van der Waals surface area contributed by atoms with Crippen LogP contribution in [0.4, 0.5) is 0 Å². The lowest BCUT2D eigenvalue weighted by molar-refractivity contribution is 0.709. The van der Waals surface area contributed by atoms with Crippen LogP contribution in [-0.2, 0) is 0 Å². The summed E-state index contributed by atoms with van der Waals surface area (Å²) in [6, 6.07) is 8.32. The third kappa shape index (κ3) is 3.91. The maximum Gasteiger partial charge on any atom is 0.189 e. The molecular formula is C11H16BrN3. The van der Waals surface area contributed by atoms with Gasteiger partial charge >= 0.3 is 0 Å². The molecule has 0 amide bonds. The monoisotopic (exact) mass is 269 g/mol. The van der Waals surface area contributed by atoms with E-state index in [0.717, 1.165) is 4.47 Å². The van der Waals surface area contributed by atoms with E-state index >= 15 is 0 Å². The van der Waals surface area contributed by atoms with Gasteiger partial charge in [0.2, 0.25) is 0 Å². The summed E-state index contributed by atoms with van der Waals surface area (Å²) in [7, 11) is 0. The molecule has 0 saturated carbocycles. The first-order chi connectivity index (χ1) is 7.13. The molecule has 0 heterocycles. The summed E-state index contributed by atoms with van der Waals surface area (Å²) in [6.45, 7) is 4.71. The fourth-order valence-electron chi connectivity index (χ4n) is 1.27. The first kappa shape index (κ1) is 12.0. The summed E-state index contributed by atoms with van der Waals surface area (Å²) in [5, 5.41) is 3.13. The molecule has 3 N–H and O–H groups in total. The number of hydrogen-bond acceptors (Lipinski definition) is 1. The third-order valence-corrected chi connectivity index (χ3v) is 2.59. The van der Waals surface area contributed by atoms with Crippen LogP contribution in [0.5, 0.6) is 0 Å². The van der Waals surface area contributed by atoms with Crippen LogP contribution in [0.25, 0.3) is 0 Å². The molecule has 1 aromatic rings. The quantitative estimate of drug-likeness (QED) is 0.654. The Morgan fingerprint density at radius 1 is 1.47 bits per heavy atom. The molecule has 15 heavy (non-hydrogen) atoms. The van der Waals surface area contributed by atoms with Gasteiger partial charge in [-0.15, -0.1) is 0 Å². The standard InChI is InChI=1S/C11H16BrN3/c1-3-14-11(13)15-8(2)9-4-6-10(12)7-5-9/h4-8H,3H2,1-2H3,(H3,13,14,15). The van der Waals surface area contributed by atoms with Gasteiger partial charge in [0, 0.05) is 11.0 Å². The summed E-state index contributed by atoms with van der Waals surface area (Å²) < 4.78 is 1.08. The van der Waals surface area contributed by atoms with Crippen molar-refractivity contribution in [3.8, 4) is 0 Å². The number of halogens is 1. The van der Waals surface area contributed by atoms with Crippen LogP contribution in [0, 0.1) is 0 Å². The molecule has 1 atom stereocenters. The van der Waals surface area contributed by atoms with E-state index in [0.29, 0.717) is 12.5 Å². The molecule has 0 radical (unpaired) electrons.